The van der Waals surface area contributed by atoms with Crippen molar-refractivity contribution >= 4 is 115 Å². The van der Waals surface area contributed by atoms with Gasteiger partial charge in [-0.2, -0.15) is 0 Å². The molecule has 6 aromatic heterocycles. The first-order valence-electron chi connectivity index (χ1n) is 23.0. The molecule has 0 atom stereocenters. The maximum Gasteiger partial charge on any atom is 0.220 e. The van der Waals surface area contributed by atoms with Gasteiger partial charge in [0.2, 0.25) is 5.78 Å². The summed E-state index contributed by atoms with van der Waals surface area (Å²) in [5.41, 5.74) is 17.8. The summed E-state index contributed by atoms with van der Waals surface area (Å²) in [6, 6.07) is 75.9. The Bertz CT molecular complexity index is 4760. The summed E-state index contributed by atoms with van der Waals surface area (Å²) in [4.78, 5) is 5.18. The molecule has 7 heteroatoms. The highest BCUT2D eigenvalue weighted by Crippen LogP contribution is 2.42. The topological polar surface area (TPSA) is 58.4 Å². The van der Waals surface area contributed by atoms with Gasteiger partial charge in [0.05, 0.1) is 55.2 Å². The van der Waals surface area contributed by atoms with Crippen LogP contribution in [0, 0.1) is 0 Å². The predicted molar refractivity (Wildman–Crippen MR) is 278 cm³/mol. The van der Waals surface area contributed by atoms with Crippen LogP contribution in [0.2, 0.25) is 0 Å². The zero-order chi connectivity index (χ0) is 44.2. The Morgan fingerprint density at radius 3 is 1.51 bits per heavy atom. The van der Waals surface area contributed by atoms with Crippen LogP contribution in [0.4, 0.5) is 0 Å². The number of hydrogen-bond acceptors (Lipinski definition) is 3. The number of para-hydroxylation sites is 7. The molecule has 0 spiro atoms. The third-order valence-electron chi connectivity index (χ3n) is 14.4. The van der Waals surface area contributed by atoms with Crippen molar-refractivity contribution in [2.24, 2.45) is 0 Å². The zero-order valence-electron chi connectivity index (χ0n) is 36.3. The Morgan fingerprint density at radius 1 is 0.309 bits per heavy atom. The molecule has 68 heavy (non-hydrogen) atoms. The van der Waals surface area contributed by atoms with E-state index in [-0.39, 0.29) is 0 Å². The Balaban J connectivity index is 0.851. The summed E-state index contributed by atoms with van der Waals surface area (Å²) >= 11 is 0. The number of hydrogen-bond donors (Lipinski definition) is 0. The summed E-state index contributed by atoms with van der Waals surface area (Å²) < 4.78 is 22.5. The molecule has 0 fully saturated rings. The van der Waals surface area contributed by atoms with E-state index in [1.165, 1.54) is 32.6 Å². The van der Waals surface area contributed by atoms with Crippen molar-refractivity contribution in [2.45, 2.75) is 0 Å². The number of nitrogens with zero attached hydrogens (tertiary/aromatic N) is 5. The summed E-state index contributed by atoms with van der Waals surface area (Å²) in [5.74, 6) is 0.868. The van der Waals surface area contributed by atoms with E-state index < -0.39 is 0 Å². The molecule has 16 rings (SSSR count). The Labute approximate surface area is 386 Å². The second-order valence-corrected chi connectivity index (χ2v) is 17.9. The Morgan fingerprint density at radius 2 is 0.809 bits per heavy atom. The van der Waals surface area contributed by atoms with Gasteiger partial charge in [-0.1, -0.05) is 97.1 Å². The van der Waals surface area contributed by atoms with Gasteiger partial charge in [0.1, 0.15) is 22.3 Å². The van der Waals surface area contributed by atoms with Crippen LogP contribution in [0.25, 0.3) is 144 Å². The number of benzene rings is 10. The maximum absolute atomic E-state index is 6.59. The molecule has 16 aromatic rings. The molecule has 0 radical (unpaired) electrons. The van der Waals surface area contributed by atoms with E-state index >= 15 is 0 Å². The quantitative estimate of drug-likeness (QED) is 0.177. The largest absolute Gasteiger partial charge is 0.456 e. The monoisotopic (exact) mass is 869 g/mol. The van der Waals surface area contributed by atoms with Crippen molar-refractivity contribution in [2.75, 3.05) is 0 Å². The first kappa shape index (κ1) is 36.0. The predicted octanol–water partition coefficient (Wildman–Crippen LogP) is 16.1. The van der Waals surface area contributed by atoms with Crippen molar-refractivity contribution in [3.63, 3.8) is 0 Å². The third-order valence-corrected chi connectivity index (χ3v) is 14.4. The molecule has 316 valence electrons. The normalized spacial score (nSPS) is 12.4. The van der Waals surface area contributed by atoms with Crippen LogP contribution in [-0.4, -0.2) is 23.1 Å². The van der Waals surface area contributed by atoms with Crippen LogP contribution in [0.3, 0.4) is 0 Å². The van der Waals surface area contributed by atoms with E-state index in [9.17, 15) is 0 Å². The molecule has 0 aliphatic heterocycles. The summed E-state index contributed by atoms with van der Waals surface area (Å²) in [7, 11) is 0. The first-order valence-corrected chi connectivity index (χ1v) is 23.0. The number of imidazole rings is 2. The molecule has 0 aliphatic rings. The smallest absolute Gasteiger partial charge is 0.220 e. The lowest BCUT2D eigenvalue weighted by Gasteiger charge is -2.10. The molecule has 0 saturated carbocycles. The molecule has 0 unspecified atom stereocenters. The second kappa shape index (κ2) is 13.2. The fourth-order valence-electron chi connectivity index (χ4n) is 11.4. The van der Waals surface area contributed by atoms with Gasteiger partial charge in [-0.25, -0.2) is 4.98 Å². The standard InChI is InChI=1S/C61H35N5O2/c1-5-16-48-40(12-1)41-13-2-6-17-49(41)63(48)38-26-28-51-43(34-38)42-14-3-7-18-50(42)64(51)39-27-31-57-45(35-39)44-32-36(24-29-56(44)67-57)37-25-30-58-46(33-37)60-55(22-11-23-59(60)68-58)66-54-21-10-9-20-53(54)65-52-19-8-4-15-47(52)62-61(65)66/h1-35H. The van der Waals surface area contributed by atoms with Crippen molar-refractivity contribution in [3.05, 3.63) is 212 Å². The Kier molecular flexibility index (Phi) is 6.95. The Hall–Kier alpha value is -9.33. The minimum atomic E-state index is 0.832. The number of rotatable bonds is 4. The van der Waals surface area contributed by atoms with Gasteiger partial charge < -0.3 is 18.0 Å². The average molecular weight is 870 g/mol. The molecule has 7 nitrogen and oxygen atoms in total. The fourth-order valence-corrected chi connectivity index (χ4v) is 11.4. The lowest BCUT2D eigenvalue weighted by atomic mass is 10.00. The molecular formula is C61H35N5O2. The van der Waals surface area contributed by atoms with Crippen LogP contribution < -0.4 is 0 Å². The maximum atomic E-state index is 6.59. The molecule has 0 bridgehead atoms. The summed E-state index contributed by atoms with van der Waals surface area (Å²) in [5, 5.41) is 9.16. The average Bonchev–Trinajstić information content (AvgIpc) is 4.24. The molecule has 10 aromatic carbocycles. The van der Waals surface area contributed by atoms with Gasteiger partial charge in [0, 0.05) is 49.1 Å². The van der Waals surface area contributed by atoms with E-state index in [2.05, 4.69) is 224 Å². The van der Waals surface area contributed by atoms with Crippen LogP contribution in [-0.2, 0) is 0 Å². The summed E-state index contributed by atoms with van der Waals surface area (Å²) in [6.07, 6.45) is 0. The lowest BCUT2D eigenvalue weighted by molar-refractivity contribution is 0.668. The van der Waals surface area contributed by atoms with E-state index in [4.69, 9.17) is 13.8 Å². The van der Waals surface area contributed by atoms with Gasteiger partial charge in [-0.3, -0.25) is 8.97 Å². The fraction of sp³-hybridized carbons (Fsp3) is 0. The minimum absolute atomic E-state index is 0.832. The van der Waals surface area contributed by atoms with Crippen LogP contribution in [0.15, 0.2) is 221 Å². The van der Waals surface area contributed by atoms with Gasteiger partial charge in [0.25, 0.3) is 0 Å². The van der Waals surface area contributed by atoms with Gasteiger partial charge >= 0.3 is 0 Å². The van der Waals surface area contributed by atoms with Crippen LogP contribution >= 0.6 is 0 Å². The second-order valence-electron chi connectivity index (χ2n) is 17.9. The van der Waals surface area contributed by atoms with Crippen molar-refractivity contribution < 1.29 is 8.83 Å². The highest BCUT2D eigenvalue weighted by molar-refractivity contribution is 6.15. The first-order chi connectivity index (χ1) is 33.7. The van der Waals surface area contributed by atoms with Gasteiger partial charge in [0.15, 0.2) is 0 Å². The minimum Gasteiger partial charge on any atom is -0.456 e. The zero-order valence-corrected chi connectivity index (χ0v) is 36.3. The van der Waals surface area contributed by atoms with Crippen molar-refractivity contribution in [1.29, 1.82) is 0 Å². The number of aromatic nitrogens is 5. The molecular weight excluding hydrogens is 835 g/mol. The SMILES string of the molecule is c1ccc2c(c1)nc1n(-c3cccc4oc5ccc(-c6ccc7oc8ccc(-n9c%10ccccc%10c%10cc(-n%11c%12ccccc%12c%12ccccc%12%11)ccc%109)cc8c7c6)cc5c34)c3ccccc3n21. The third kappa shape index (κ3) is 4.78. The summed E-state index contributed by atoms with van der Waals surface area (Å²) in [6.45, 7) is 0. The highest BCUT2D eigenvalue weighted by atomic mass is 16.3. The number of furan rings is 2. The molecule has 0 N–H and O–H groups in total. The van der Waals surface area contributed by atoms with E-state index in [1.54, 1.807) is 0 Å². The van der Waals surface area contributed by atoms with Crippen molar-refractivity contribution in [3.8, 4) is 28.2 Å². The van der Waals surface area contributed by atoms with Crippen LogP contribution in [0.1, 0.15) is 0 Å². The van der Waals surface area contributed by atoms with E-state index in [0.717, 1.165) is 111 Å². The molecule has 0 saturated heterocycles. The van der Waals surface area contributed by atoms with Gasteiger partial charge in [-0.15, -0.1) is 0 Å². The lowest BCUT2D eigenvalue weighted by Crippen LogP contribution is -1.95. The van der Waals surface area contributed by atoms with Gasteiger partial charge in [-0.05, 0) is 126 Å². The highest BCUT2D eigenvalue weighted by Gasteiger charge is 2.22. The molecule has 0 amide bonds. The van der Waals surface area contributed by atoms with Crippen molar-refractivity contribution in [1.82, 2.24) is 23.1 Å². The van der Waals surface area contributed by atoms with E-state index in [1.807, 2.05) is 6.07 Å². The molecule has 6 heterocycles. The number of fused-ring (bicyclic) bond motifs is 17. The van der Waals surface area contributed by atoms with E-state index in [0.29, 0.717) is 0 Å². The molecule has 0 aliphatic carbocycles. The van der Waals surface area contributed by atoms with Crippen LogP contribution in [0.5, 0.6) is 0 Å².